The fourth-order valence-electron chi connectivity index (χ4n) is 3.55. The first kappa shape index (κ1) is 16.1. The maximum atomic E-state index is 12.6. The van der Waals surface area contributed by atoms with Crippen molar-refractivity contribution < 1.29 is 14.3 Å². The molecule has 0 radical (unpaired) electrons. The lowest BCUT2D eigenvalue weighted by molar-refractivity contribution is -0.134. The van der Waals surface area contributed by atoms with E-state index < -0.39 is 0 Å². The standard InChI is InChI=1S/C19H20N2O3S/c22-18-6-3-13-10-15(4-5-16(13)20-18)24-11-19(23)21-8-1-2-17(21)14-7-9-25-12-14/h4-5,7,9-10,12,17H,1-3,6,8,11H2,(H,20,22). The van der Waals surface area contributed by atoms with Crippen LogP contribution in [0.3, 0.4) is 0 Å². The molecular weight excluding hydrogens is 336 g/mol. The highest BCUT2D eigenvalue weighted by molar-refractivity contribution is 7.08. The van der Waals surface area contributed by atoms with Crippen molar-refractivity contribution in [2.24, 2.45) is 0 Å². The van der Waals surface area contributed by atoms with Crippen molar-refractivity contribution >= 4 is 28.8 Å². The predicted octanol–water partition coefficient (Wildman–Crippen LogP) is 3.38. The van der Waals surface area contributed by atoms with Crippen molar-refractivity contribution in [1.82, 2.24) is 4.90 Å². The van der Waals surface area contributed by atoms with Crippen LogP contribution in [0.1, 0.15) is 36.4 Å². The largest absolute Gasteiger partial charge is 0.484 e. The number of hydrogen-bond acceptors (Lipinski definition) is 4. The number of nitrogens with zero attached hydrogens (tertiary/aromatic N) is 1. The Labute approximate surface area is 150 Å². The molecule has 1 atom stereocenters. The monoisotopic (exact) mass is 356 g/mol. The van der Waals surface area contributed by atoms with Gasteiger partial charge in [0.1, 0.15) is 5.75 Å². The molecule has 2 amide bonds. The van der Waals surface area contributed by atoms with Gasteiger partial charge < -0.3 is 15.0 Å². The van der Waals surface area contributed by atoms with Crippen LogP contribution in [0, 0.1) is 0 Å². The van der Waals surface area contributed by atoms with E-state index in [0.29, 0.717) is 18.6 Å². The van der Waals surface area contributed by atoms with E-state index in [2.05, 4.69) is 22.1 Å². The van der Waals surface area contributed by atoms with Crippen molar-refractivity contribution in [2.45, 2.75) is 31.7 Å². The zero-order chi connectivity index (χ0) is 17.2. The Kier molecular flexibility index (Phi) is 4.44. The smallest absolute Gasteiger partial charge is 0.261 e. The van der Waals surface area contributed by atoms with E-state index in [9.17, 15) is 9.59 Å². The first-order valence-electron chi connectivity index (χ1n) is 8.58. The van der Waals surface area contributed by atoms with Gasteiger partial charge in [-0.1, -0.05) is 0 Å². The van der Waals surface area contributed by atoms with Gasteiger partial charge in [-0.25, -0.2) is 0 Å². The van der Waals surface area contributed by atoms with Crippen molar-refractivity contribution in [1.29, 1.82) is 0 Å². The number of likely N-dealkylation sites (tertiary alicyclic amines) is 1. The molecule has 0 aliphatic carbocycles. The van der Waals surface area contributed by atoms with E-state index in [1.165, 1.54) is 5.56 Å². The predicted molar refractivity (Wildman–Crippen MR) is 96.9 cm³/mol. The molecule has 1 fully saturated rings. The molecule has 5 nitrogen and oxygen atoms in total. The molecule has 1 aromatic carbocycles. The minimum absolute atomic E-state index is 0.0275. The Bertz CT molecular complexity index is 788. The molecule has 1 saturated heterocycles. The van der Waals surface area contributed by atoms with Gasteiger partial charge in [0.05, 0.1) is 6.04 Å². The summed E-state index contributed by atoms with van der Waals surface area (Å²) in [6, 6.07) is 7.84. The number of carbonyl (C=O) groups excluding carboxylic acids is 2. The second-order valence-corrected chi connectivity index (χ2v) is 7.24. The zero-order valence-electron chi connectivity index (χ0n) is 13.9. The maximum absolute atomic E-state index is 12.6. The van der Waals surface area contributed by atoms with Gasteiger partial charge in [0, 0.05) is 18.7 Å². The number of carbonyl (C=O) groups is 2. The number of nitrogens with one attached hydrogen (secondary N) is 1. The Morgan fingerprint density at radius 1 is 1.32 bits per heavy atom. The van der Waals surface area contributed by atoms with Crippen molar-refractivity contribution in [3.8, 4) is 5.75 Å². The molecule has 2 aliphatic heterocycles. The molecule has 1 unspecified atom stereocenters. The van der Waals surface area contributed by atoms with Crippen LogP contribution in [-0.4, -0.2) is 29.9 Å². The van der Waals surface area contributed by atoms with Crippen LogP contribution in [0.15, 0.2) is 35.0 Å². The van der Waals surface area contributed by atoms with Gasteiger partial charge in [-0.3, -0.25) is 9.59 Å². The number of aryl methyl sites for hydroxylation is 1. The minimum Gasteiger partial charge on any atom is -0.484 e. The lowest BCUT2D eigenvalue weighted by Crippen LogP contribution is -2.34. The molecule has 2 aromatic rings. The molecule has 25 heavy (non-hydrogen) atoms. The Morgan fingerprint density at radius 3 is 3.08 bits per heavy atom. The second-order valence-electron chi connectivity index (χ2n) is 6.46. The van der Waals surface area contributed by atoms with Gasteiger partial charge in [0.15, 0.2) is 6.61 Å². The molecule has 0 bridgehead atoms. The van der Waals surface area contributed by atoms with E-state index in [0.717, 1.165) is 30.6 Å². The SMILES string of the molecule is O=C1CCc2cc(OCC(=O)N3CCCC3c3ccsc3)ccc2N1. The van der Waals surface area contributed by atoms with Gasteiger partial charge >= 0.3 is 0 Å². The minimum atomic E-state index is 0.0275. The highest BCUT2D eigenvalue weighted by atomic mass is 32.1. The third-order valence-electron chi connectivity index (χ3n) is 4.84. The van der Waals surface area contributed by atoms with E-state index in [4.69, 9.17) is 4.74 Å². The van der Waals surface area contributed by atoms with Crippen molar-refractivity contribution in [2.75, 3.05) is 18.5 Å². The van der Waals surface area contributed by atoms with Crippen LogP contribution >= 0.6 is 11.3 Å². The number of ether oxygens (including phenoxy) is 1. The molecule has 0 saturated carbocycles. The van der Waals surface area contributed by atoms with E-state index in [1.54, 1.807) is 17.4 Å². The third kappa shape index (κ3) is 3.39. The summed E-state index contributed by atoms with van der Waals surface area (Å²) in [5.74, 6) is 0.749. The number of hydrogen-bond donors (Lipinski definition) is 1. The van der Waals surface area contributed by atoms with Crippen LogP contribution in [-0.2, 0) is 16.0 Å². The van der Waals surface area contributed by atoms with Crippen LogP contribution in [0.2, 0.25) is 0 Å². The maximum Gasteiger partial charge on any atom is 0.261 e. The molecule has 6 heteroatoms. The first-order chi connectivity index (χ1) is 12.2. The number of benzene rings is 1. The number of fused-ring (bicyclic) bond motifs is 1. The average Bonchev–Trinajstić information content (AvgIpc) is 3.30. The average molecular weight is 356 g/mol. The molecule has 130 valence electrons. The molecular formula is C19H20N2O3S. The lowest BCUT2D eigenvalue weighted by atomic mass is 10.0. The molecule has 0 spiro atoms. The number of rotatable bonds is 4. The Balaban J connectivity index is 1.39. The number of amides is 2. The molecule has 3 heterocycles. The Hall–Kier alpha value is -2.34. The fourth-order valence-corrected chi connectivity index (χ4v) is 4.26. The van der Waals surface area contributed by atoms with Crippen molar-refractivity contribution in [3.05, 3.63) is 46.2 Å². The highest BCUT2D eigenvalue weighted by Gasteiger charge is 2.30. The van der Waals surface area contributed by atoms with Crippen molar-refractivity contribution in [3.63, 3.8) is 0 Å². The van der Waals surface area contributed by atoms with Crippen LogP contribution < -0.4 is 10.1 Å². The summed E-state index contributed by atoms with van der Waals surface area (Å²) in [6.45, 7) is 0.838. The molecule has 1 N–H and O–H groups in total. The second kappa shape index (κ2) is 6.88. The summed E-state index contributed by atoms with van der Waals surface area (Å²) in [5.41, 5.74) is 3.12. The van der Waals surface area contributed by atoms with E-state index in [-0.39, 0.29) is 24.5 Å². The summed E-state index contributed by atoms with van der Waals surface area (Å²) < 4.78 is 5.74. The van der Waals surface area contributed by atoms with Gasteiger partial charge in [0.25, 0.3) is 5.91 Å². The molecule has 2 aliphatic rings. The molecule has 1 aromatic heterocycles. The Morgan fingerprint density at radius 2 is 2.24 bits per heavy atom. The molecule has 4 rings (SSSR count). The summed E-state index contributed by atoms with van der Waals surface area (Å²) >= 11 is 1.66. The van der Waals surface area contributed by atoms with Crippen LogP contribution in [0.4, 0.5) is 5.69 Å². The summed E-state index contributed by atoms with van der Waals surface area (Å²) in [7, 11) is 0. The van der Waals surface area contributed by atoms with E-state index in [1.807, 2.05) is 17.0 Å². The lowest BCUT2D eigenvalue weighted by Gasteiger charge is -2.24. The number of anilines is 1. The summed E-state index contributed by atoms with van der Waals surface area (Å²) in [6.07, 6.45) is 3.25. The quantitative estimate of drug-likeness (QED) is 0.914. The van der Waals surface area contributed by atoms with Gasteiger partial charge in [-0.05, 0) is 65.4 Å². The first-order valence-corrected chi connectivity index (χ1v) is 9.52. The van der Waals surface area contributed by atoms with Gasteiger partial charge in [-0.2, -0.15) is 11.3 Å². The number of thiophene rings is 1. The van der Waals surface area contributed by atoms with Crippen LogP contribution in [0.5, 0.6) is 5.75 Å². The van der Waals surface area contributed by atoms with Gasteiger partial charge in [-0.15, -0.1) is 0 Å². The summed E-state index contributed by atoms with van der Waals surface area (Å²) in [4.78, 5) is 25.9. The zero-order valence-corrected chi connectivity index (χ0v) is 14.7. The normalized spacial score (nSPS) is 19.4. The van der Waals surface area contributed by atoms with E-state index >= 15 is 0 Å². The summed E-state index contributed by atoms with van der Waals surface area (Å²) in [5, 5.41) is 7.02. The topological polar surface area (TPSA) is 58.6 Å². The van der Waals surface area contributed by atoms with Crippen LogP contribution in [0.25, 0.3) is 0 Å². The fraction of sp³-hybridized carbons (Fsp3) is 0.368. The highest BCUT2D eigenvalue weighted by Crippen LogP contribution is 2.33. The third-order valence-corrected chi connectivity index (χ3v) is 5.54. The van der Waals surface area contributed by atoms with Gasteiger partial charge in [0.2, 0.25) is 5.91 Å².